The number of anilines is 4. The van der Waals surface area contributed by atoms with Crippen LogP contribution in [0.5, 0.6) is 17.2 Å². The summed E-state index contributed by atoms with van der Waals surface area (Å²) in [7, 11) is 4.52. The minimum Gasteiger partial charge on any atom is -0.493 e. The maximum atomic E-state index is 13.3. The Bertz CT molecular complexity index is 1130. The molecular formula is C22H22F3N5O3. The molecule has 0 bridgehead atoms. The number of aromatic nitrogens is 3. The number of fused-ring (bicyclic) bond motifs is 1. The van der Waals surface area contributed by atoms with E-state index in [0.29, 0.717) is 41.6 Å². The van der Waals surface area contributed by atoms with Gasteiger partial charge in [0.05, 0.1) is 26.9 Å². The molecule has 33 heavy (non-hydrogen) atoms. The fourth-order valence-electron chi connectivity index (χ4n) is 3.72. The molecule has 11 heteroatoms. The van der Waals surface area contributed by atoms with E-state index in [1.54, 1.807) is 17.0 Å². The smallest absolute Gasteiger partial charge is 0.416 e. The number of halogens is 3. The van der Waals surface area contributed by atoms with Crippen LogP contribution in [-0.4, -0.2) is 42.8 Å². The van der Waals surface area contributed by atoms with Gasteiger partial charge in [-0.2, -0.15) is 18.2 Å². The van der Waals surface area contributed by atoms with E-state index in [1.807, 2.05) is 0 Å². The average Bonchev–Trinajstić information content (AvgIpc) is 2.82. The summed E-state index contributed by atoms with van der Waals surface area (Å²) >= 11 is 0. The number of nitrogens with one attached hydrogen (secondary N) is 1. The first-order valence-electron chi connectivity index (χ1n) is 10.1. The number of hydrogen-bond acceptors (Lipinski definition) is 8. The molecule has 1 aliphatic rings. The van der Waals surface area contributed by atoms with E-state index in [9.17, 15) is 13.2 Å². The van der Waals surface area contributed by atoms with Crippen molar-refractivity contribution in [1.29, 1.82) is 0 Å². The first kappa shape index (κ1) is 22.4. The molecule has 0 radical (unpaired) electrons. The number of hydrogen-bond donors (Lipinski definition) is 1. The molecule has 8 nitrogen and oxygen atoms in total. The molecule has 0 saturated heterocycles. The molecule has 0 saturated carbocycles. The molecule has 0 atom stereocenters. The summed E-state index contributed by atoms with van der Waals surface area (Å²) < 4.78 is 55.9. The third-order valence-corrected chi connectivity index (χ3v) is 5.25. The third-order valence-electron chi connectivity index (χ3n) is 5.25. The van der Waals surface area contributed by atoms with Gasteiger partial charge in [0.15, 0.2) is 11.5 Å². The molecule has 0 unspecified atom stereocenters. The van der Waals surface area contributed by atoms with Crippen molar-refractivity contribution in [2.45, 2.75) is 19.0 Å². The Balaban J connectivity index is 1.67. The van der Waals surface area contributed by atoms with Gasteiger partial charge in [-0.25, -0.2) is 9.97 Å². The van der Waals surface area contributed by atoms with Crippen LogP contribution in [-0.2, 0) is 12.6 Å². The fourth-order valence-corrected chi connectivity index (χ4v) is 3.72. The Morgan fingerprint density at radius 1 is 0.970 bits per heavy atom. The number of nitrogens with zero attached hydrogens (tertiary/aromatic N) is 4. The SMILES string of the molecule is COc1cc(Nc2ncnc(N3CCCc4ccc(C(F)(F)F)cc43)n2)cc(OC)c1OC. The van der Waals surface area contributed by atoms with Gasteiger partial charge in [0, 0.05) is 30.1 Å². The van der Waals surface area contributed by atoms with Crippen molar-refractivity contribution in [2.75, 3.05) is 38.1 Å². The zero-order valence-electron chi connectivity index (χ0n) is 18.2. The second kappa shape index (κ2) is 9.00. The van der Waals surface area contributed by atoms with E-state index in [4.69, 9.17) is 14.2 Å². The highest BCUT2D eigenvalue weighted by molar-refractivity contribution is 5.68. The van der Waals surface area contributed by atoms with Crippen molar-refractivity contribution >= 4 is 23.3 Å². The first-order valence-corrected chi connectivity index (χ1v) is 10.1. The van der Waals surface area contributed by atoms with Crippen molar-refractivity contribution in [3.05, 3.63) is 47.8 Å². The molecule has 1 N–H and O–H groups in total. The van der Waals surface area contributed by atoms with Crippen LogP contribution >= 0.6 is 0 Å². The molecule has 174 valence electrons. The van der Waals surface area contributed by atoms with Gasteiger partial charge in [0.2, 0.25) is 17.6 Å². The van der Waals surface area contributed by atoms with E-state index < -0.39 is 11.7 Å². The summed E-state index contributed by atoms with van der Waals surface area (Å²) in [5.41, 5.74) is 1.12. The van der Waals surface area contributed by atoms with E-state index in [-0.39, 0.29) is 11.9 Å². The van der Waals surface area contributed by atoms with E-state index in [2.05, 4.69) is 20.3 Å². The number of ether oxygens (including phenoxy) is 3. The van der Waals surface area contributed by atoms with E-state index in [0.717, 1.165) is 24.1 Å². The Kier molecular flexibility index (Phi) is 6.12. The molecule has 0 amide bonds. The van der Waals surface area contributed by atoms with Gasteiger partial charge in [-0.05, 0) is 30.5 Å². The minimum absolute atomic E-state index is 0.216. The Hall–Kier alpha value is -3.76. The molecule has 2 heterocycles. The number of aryl methyl sites for hydroxylation is 1. The Morgan fingerprint density at radius 3 is 2.33 bits per heavy atom. The van der Waals surface area contributed by atoms with Crippen LogP contribution < -0.4 is 24.4 Å². The van der Waals surface area contributed by atoms with Gasteiger partial charge in [0.25, 0.3) is 0 Å². The quantitative estimate of drug-likeness (QED) is 0.564. The molecule has 3 aromatic rings. The lowest BCUT2D eigenvalue weighted by Crippen LogP contribution is -2.27. The zero-order chi connectivity index (χ0) is 23.6. The van der Waals surface area contributed by atoms with Crippen LogP contribution in [0.25, 0.3) is 0 Å². The molecule has 0 fully saturated rings. The zero-order valence-corrected chi connectivity index (χ0v) is 18.2. The summed E-state index contributed by atoms with van der Waals surface area (Å²) in [5.74, 6) is 1.79. The predicted molar refractivity (Wildman–Crippen MR) is 116 cm³/mol. The van der Waals surface area contributed by atoms with Crippen molar-refractivity contribution in [3.8, 4) is 17.2 Å². The minimum atomic E-state index is -4.43. The lowest BCUT2D eigenvalue weighted by molar-refractivity contribution is -0.137. The highest BCUT2D eigenvalue weighted by Crippen LogP contribution is 2.41. The maximum absolute atomic E-state index is 13.3. The van der Waals surface area contributed by atoms with Crippen LogP contribution in [0.15, 0.2) is 36.7 Å². The van der Waals surface area contributed by atoms with Gasteiger partial charge in [-0.1, -0.05) is 6.07 Å². The third kappa shape index (κ3) is 4.57. The van der Waals surface area contributed by atoms with Crippen LogP contribution in [0.4, 0.5) is 36.4 Å². The Labute approximate surface area is 188 Å². The van der Waals surface area contributed by atoms with Crippen molar-refractivity contribution < 1.29 is 27.4 Å². The average molecular weight is 461 g/mol. The van der Waals surface area contributed by atoms with Crippen molar-refractivity contribution in [3.63, 3.8) is 0 Å². The molecule has 0 aliphatic carbocycles. The van der Waals surface area contributed by atoms with E-state index >= 15 is 0 Å². The molecule has 1 aliphatic heterocycles. The molecule has 2 aromatic carbocycles. The van der Waals surface area contributed by atoms with Crippen molar-refractivity contribution in [1.82, 2.24) is 15.0 Å². The standard InChI is InChI=1S/C22H22F3N5O3/c1-31-17-10-15(11-18(32-2)19(17)33-3)28-20-26-12-27-21(29-20)30-8-4-5-13-6-7-14(9-16(13)30)22(23,24)25/h6-7,9-12H,4-5,8H2,1-3H3,(H,26,27,28,29). The summed E-state index contributed by atoms with van der Waals surface area (Å²) in [6, 6.07) is 7.14. The topological polar surface area (TPSA) is 81.6 Å². The molecule has 1 aromatic heterocycles. The number of alkyl halides is 3. The summed E-state index contributed by atoms with van der Waals surface area (Å²) in [4.78, 5) is 14.5. The molecule has 0 spiro atoms. The highest BCUT2D eigenvalue weighted by Gasteiger charge is 2.32. The summed E-state index contributed by atoms with van der Waals surface area (Å²) in [6.07, 6.45) is -1.67. The van der Waals surface area contributed by atoms with E-state index in [1.165, 1.54) is 33.7 Å². The fraction of sp³-hybridized carbons (Fsp3) is 0.318. The molecule has 4 rings (SSSR count). The number of benzene rings is 2. The normalized spacial score (nSPS) is 13.3. The second-order valence-corrected chi connectivity index (χ2v) is 7.24. The highest BCUT2D eigenvalue weighted by atomic mass is 19.4. The summed E-state index contributed by atoms with van der Waals surface area (Å²) in [6.45, 7) is 0.488. The lowest BCUT2D eigenvalue weighted by atomic mass is 9.99. The lowest BCUT2D eigenvalue weighted by Gasteiger charge is -2.30. The van der Waals surface area contributed by atoms with Gasteiger partial charge >= 0.3 is 6.18 Å². The first-order chi connectivity index (χ1) is 15.8. The van der Waals surface area contributed by atoms with Gasteiger partial charge < -0.3 is 24.4 Å². The van der Waals surface area contributed by atoms with Crippen molar-refractivity contribution in [2.24, 2.45) is 0 Å². The summed E-state index contributed by atoms with van der Waals surface area (Å²) in [5, 5.41) is 3.06. The maximum Gasteiger partial charge on any atom is 0.416 e. The van der Waals surface area contributed by atoms with Gasteiger partial charge in [-0.3, -0.25) is 0 Å². The van der Waals surface area contributed by atoms with Crippen LogP contribution in [0.3, 0.4) is 0 Å². The van der Waals surface area contributed by atoms with Gasteiger partial charge in [-0.15, -0.1) is 0 Å². The Morgan fingerprint density at radius 2 is 1.70 bits per heavy atom. The number of methoxy groups -OCH3 is 3. The van der Waals surface area contributed by atoms with Crippen LogP contribution in [0.2, 0.25) is 0 Å². The van der Waals surface area contributed by atoms with Crippen LogP contribution in [0.1, 0.15) is 17.5 Å². The number of rotatable bonds is 6. The van der Waals surface area contributed by atoms with Crippen LogP contribution in [0, 0.1) is 0 Å². The molecular weight excluding hydrogens is 439 g/mol. The largest absolute Gasteiger partial charge is 0.493 e. The second-order valence-electron chi connectivity index (χ2n) is 7.24. The van der Waals surface area contributed by atoms with Gasteiger partial charge in [0.1, 0.15) is 6.33 Å². The predicted octanol–water partition coefficient (Wildman–Crippen LogP) is 4.74. The monoisotopic (exact) mass is 461 g/mol.